The molecule has 0 spiro atoms. The third-order valence-corrected chi connectivity index (χ3v) is 7.11. The molecule has 2 aromatic carbocycles. The number of nitrogens with two attached hydrogens (primary N) is 1. The number of ether oxygens (including phenoxy) is 2. The second-order valence-electron chi connectivity index (χ2n) is 10.3. The fourth-order valence-electron chi connectivity index (χ4n) is 4.58. The molecule has 194 valence electrons. The predicted octanol–water partition coefficient (Wildman–Crippen LogP) is 3.80. The Bertz CT molecular complexity index is 1270. The summed E-state index contributed by atoms with van der Waals surface area (Å²) in [6, 6.07) is 19.7. The van der Waals surface area contributed by atoms with E-state index in [-0.39, 0.29) is 12.0 Å². The molecule has 2 heterocycles. The predicted molar refractivity (Wildman–Crippen MR) is 147 cm³/mol. The Morgan fingerprint density at radius 2 is 1.81 bits per heavy atom. The third-order valence-electron chi connectivity index (χ3n) is 6.24. The summed E-state index contributed by atoms with van der Waals surface area (Å²) in [4.78, 5) is 31.8. The molecule has 8 heteroatoms. The number of aromatic nitrogens is 1. The fourth-order valence-corrected chi connectivity index (χ4v) is 5.52. The number of hydrogen-bond acceptors (Lipinski definition) is 5. The van der Waals surface area contributed by atoms with E-state index in [4.69, 9.17) is 20.2 Å². The van der Waals surface area contributed by atoms with Crippen molar-refractivity contribution in [2.75, 3.05) is 13.1 Å². The SMILES string of the molecule is CC(C)(C)OC(=O)N1CCCC(c2cc(-c3ccccc3OCc3ccccc3)nc([AsH2])c2C(N)=O)C1. The quantitative estimate of drug-likeness (QED) is 0.461. The molecule has 2 unspecified atom stereocenters. The van der Waals surface area contributed by atoms with E-state index in [1.807, 2.05) is 81.4 Å². The van der Waals surface area contributed by atoms with Crippen molar-refractivity contribution in [1.82, 2.24) is 9.88 Å². The summed E-state index contributed by atoms with van der Waals surface area (Å²) >= 11 is 1.24. The second kappa shape index (κ2) is 11.4. The van der Waals surface area contributed by atoms with E-state index in [9.17, 15) is 9.59 Å². The Morgan fingerprint density at radius 3 is 2.51 bits per heavy atom. The zero-order valence-corrected chi connectivity index (χ0v) is 24.0. The van der Waals surface area contributed by atoms with Gasteiger partial charge in [-0.05, 0) is 0 Å². The Labute approximate surface area is 226 Å². The maximum absolute atomic E-state index is 12.8. The molecule has 1 aliphatic rings. The molecule has 3 aromatic rings. The van der Waals surface area contributed by atoms with Crippen LogP contribution in [-0.4, -0.2) is 57.4 Å². The summed E-state index contributed by atoms with van der Waals surface area (Å²) in [7, 11) is 0. The molecule has 0 radical (unpaired) electrons. The van der Waals surface area contributed by atoms with Crippen molar-refractivity contribution in [2.24, 2.45) is 5.73 Å². The van der Waals surface area contributed by atoms with Gasteiger partial charge in [-0.25, -0.2) is 0 Å². The van der Waals surface area contributed by atoms with Gasteiger partial charge < -0.3 is 0 Å². The molecule has 1 aromatic heterocycles. The first-order valence-electron chi connectivity index (χ1n) is 12.5. The summed E-state index contributed by atoms with van der Waals surface area (Å²) in [6.07, 6.45) is 1.30. The van der Waals surface area contributed by atoms with Crippen LogP contribution >= 0.6 is 0 Å². The van der Waals surface area contributed by atoms with Crippen LogP contribution < -0.4 is 15.0 Å². The van der Waals surface area contributed by atoms with Crippen LogP contribution in [0.4, 0.5) is 4.79 Å². The molecule has 2 atom stereocenters. The van der Waals surface area contributed by atoms with Gasteiger partial charge in [0.2, 0.25) is 0 Å². The number of benzene rings is 2. The standard InChI is InChI=1S/C29H34AsN3O4/c1-29(2,3)37-28(35)33-15-9-12-20(17-33)22-16-23(32-26(30)25(22)27(31)34)21-13-7-8-14-24(21)36-18-19-10-5-4-6-11-19/h4-8,10-11,13-14,16,20H,9,12,15,17-18,30H2,1-3H3,(H2,31,34). The van der Waals surface area contributed by atoms with E-state index in [0.29, 0.717) is 35.5 Å². The first-order chi connectivity index (χ1) is 17.6. The van der Waals surface area contributed by atoms with Gasteiger partial charge in [-0.2, -0.15) is 0 Å². The normalized spacial score (nSPS) is 15.8. The van der Waals surface area contributed by atoms with Crippen molar-refractivity contribution < 1.29 is 19.1 Å². The van der Waals surface area contributed by atoms with Crippen molar-refractivity contribution in [3.63, 3.8) is 0 Å². The topological polar surface area (TPSA) is 94.8 Å². The average Bonchev–Trinajstić information content (AvgIpc) is 2.86. The van der Waals surface area contributed by atoms with Crippen molar-refractivity contribution in [2.45, 2.75) is 51.7 Å². The van der Waals surface area contributed by atoms with Crippen LogP contribution in [0.3, 0.4) is 0 Å². The van der Waals surface area contributed by atoms with Crippen molar-refractivity contribution in [3.05, 3.63) is 77.4 Å². The van der Waals surface area contributed by atoms with Gasteiger partial charge in [-0.1, -0.05) is 0 Å². The Balaban J connectivity index is 1.67. The van der Waals surface area contributed by atoms with Crippen LogP contribution in [-0.2, 0) is 11.3 Å². The van der Waals surface area contributed by atoms with Crippen LogP contribution in [0.1, 0.15) is 61.0 Å². The van der Waals surface area contributed by atoms with Gasteiger partial charge in [0.25, 0.3) is 0 Å². The molecular formula is C29H34AsN3O4. The number of carbonyl (C=O) groups excluding carboxylic acids is 2. The zero-order valence-electron chi connectivity index (χ0n) is 21.6. The Morgan fingerprint density at radius 1 is 1.11 bits per heavy atom. The number of primary amides is 1. The number of likely N-dealkylation sites (tertiary alicyclic amines) is 1. The number of pyridine rings is 1. The van der Waals surface area contributed by atoms with Crippen LogP contribution in [0.15, 0.2) is 60.7 Å². The monoisotopic (exact) mass is 563 g/mol. The summed E-state index contributed by atoms with van der Waals surface area (Å²) in [5.41, 5.74) is 9.16. The third kappa shape index (κ3) is 6.72. The molecule has 1 saturated heterocycles. The number of para-hydroxylation sites is 1. The molecule has 0 bridgehead atoms. The fraction of sp³-hybridized carbons (Fsp3) is 0.345. The van der Waals surface area contributed by atoms with Gasteiger partial charge >= 0.3 is 227 Å². The van der Waals surface area contributed by atoms with Gasteiger partial charge in [-0.3, -0.25) is 0 Å². The molecule has 2 N–H and O–H groups in total. The van der Waals surface area contributed by atoms with Gasteiger partial charge in [0.1, 0.15) is 0 Å². The molecule has 1 fully saturated rings. The first-order valence-corrected chi connectivity index (χ1v) is 13.7. The number of carbonyl (C=O) groups is 2. The maximum atomic E-state index is 12.8. The number of piperidine rings is 1. The van der Waals surface area contributed by atoms with E-state index < -0.39 is 11.5 Å². The van der Waals surface area contributed by atoms with Crippen molar-refractivity contribution in [3.8, 4) is 17.0 Å². The van der Waals surface area contributed by atoms with Crippen LogP contribution in [0, 0.1) is 0 Å². The average molecular weight is 564 g/mol. The molecule has 37 heavy (non-hydrogen) atoms. The van der Waals surface area contributed by atoms with Gasteiger partial charge in [0.15, 0.2) is 0 Å². The Kier molecular flexibility index (Phi) is 8.23. The molecule has 7 nitrogen and oxygen atoms in total. The van der Waals surface area contributed by atoms with E-state index in [2.05, 4.69) is 0 Å². The molecule has 4 rings (SSSR count). The molecule has 0 saturated carbocycles. The number of nitrogens with zero attached hydrogens (tertiary/aromatic N) is 2. The summed E-state index contributed by atoms with van der Waals surface area (Å²) in [5.74, 6) is 0.149. The minimum atomic E-state index is -0.575. The number of hydrogen-bond donors (Lipinski definition) is 1. The first kappa shape index (κ1) is 26.7. The number of rotatable bonds is 6. The van der Waals surface area contributed by atoms with Crippen LogP contribution in [0.2, 0.25) is 0 Å². The van der Waals surface area contributed by atoms with E-state index in [1.165, 1.54) is 16.9 Å². The number of amides is 2. The molecular weight excluding hydrogens is 529 g/mol. The van der Waals surface area contributed by atoms with E-state index in [0.717, 1.165) is 35.2 Å². The summed E-state index contributed by atoms with van der Waals surface area (Å²) in [6.45, 7) is 7.08. The summed E-state index contributed by atoms with van der Waals surface area (Å²) in [5, 5.41) is 0. The second-order valence-corrected chi connectivity index (χ2v) is 11.4. The van der Waals surface area contributed by atoms with Gasteiger partial charge in [0, 0.05) is 0 Å². The Hall–Kier alpha value is -3.31. The van der Waals surface area contributed by atoms with Crippen molar-refractivity contribution >= 4 is 33.3 Å². The molecule has 1 aliphatic heterocycles. The molecule has 2 amide bonds. The summed E-state index contributed by atoms with van der Waals surface area (Å²) < 4.78 is 12.4. The van der Waals surface area contributed by atoms with Crippen LogP contribution in [0.5, 0.6) is 5.75 Å². The minimum absolute atomic E-state index is 0.0579. The van der Waals surface area contributed by atoms with Gasteiger partial charge in [-0.15, -0.1) is 0 Å². The van der Waals surface area contributed by atoms with Gasteiger partial charge in [0.05, 0.1) is 0 Å². The van der Waals surface area contributed by atoms with Crippen molar-refractivity contribution in [1.29, 1.82) is 0 Å². The van der Waals surface area contributed by atoms with E-state index >= 15 is 0 Å². The van der Waals surface area contributed by atoms with E-state index in [1.54, 1.807) is 4.90 Å². The molecule has 0 aliphatic carbocycles. The van der Waals surface area contributed by atoms with Crippen LogP contribution in [0.25, 0.3) is 11.3 Å². The zero-order chi connectivity index (χ0) is 26.6.